The molecule has 2 aliphatic rings. The fourth-order valence-corrected chi connectivity index (χ4v) is 3.26. The van der Waals surface area contributed by atoms with E-state index in [0.29, 0.717) is 6.04 Å². The van der Waals surface area contributed by atoms with E-state index >= 15 is 0 Å². The van der Waals surface area contributed by atoms with Crippen molar-refractivity contribution in [1.82, 2.24) is 10.2 Å². The summed E-state index contributed by atoms with van der Waals surface area (Å²) in [6.45, 7) is 7.13. The van der Waals surface area contributed by atoms with E-state index in [-0.39, 0.29) is 11.6 Å². The van der Waals surface area contributed by atoms with Gasteiger partial charge in [0.15, 0.2) is 0 Å². The second-order valence-corrected chi connectivity index (χ2v) is 6.49. The predicted octanol–water partition coefficient (Wildman–Crippen LogP) is 1.75. The van der Waals surface area contributed by atoms with Gasteiger partial charge in [-0.05, 0) is 26.7 Å². The minimum atomic E-state index is -0.208. The summed E-state index contributed by atoms with van der Waals surface area (Å²) in [7, 11) is 0. The van der Waals surface area contributed by atoms with E-state index in [9.17, 15) is 5.11 Å². The van der Waals surface area contributed by atoms with Crippen LogP contribution in [0.4, 0.5) is 0 Å². The molecule has 0 radical (unpaired) electrons. The molecule has 1 heterocycles. The van der Waals surface area contributed by atoms with Crippen molar-refractivity contribution < 1.29 is 5.11 Å². The first kappa shape index (κ1) is 13.3. The van der Waals surface area contributed by atoms with E-state index < -0.39 is 0 Å². The molecule has 1 atom stereocenters. The Balaban J connectivity index is 2.00. The molecule has 1 saturated carbocycles. The van der Waals surface area contributed by atoms with Crippen molar-refractivity contribution >= 4 is 0 Å². The summed E-state index contributed by atoms with van der Waals surface area (Å²) in [4.78, 5) is 2.54. The van der Waals surface area contributed by atoms with Crippen molar-refractivity contribution in [2.75, 3.05) is 19.6 Å². The van der Waals surface area contributed by atoms with Crippen molar-refractivity contribution in [3.63, 3.8) is 0 Å². The third kappa shape index (κ3) is 3.94. The summed E-state index contributed by atoms with van der Waals surface area (Å²) >= 11 is 0. The molecule has 17 heavy (non-hydrogen) atoms. The van der Waals surface area contributed by atoms with Crippen LogP contribution in [0.2, 0.25) is 0 Å². The lowest BCUT2D eigenvalue weighted by molar-refractivity contribution is 0.0940. The number of β-amino-alcohol motifs (C(OH)–C–C–N with tert-alkyl or cyclic N) is 1. The average Bonchev–Trinajstić information content (AvgIpc) is 2.59. The van der Waals surface area contributed by atoms with Gasteiger partial charge < -0.3 is 10.4 Å². The molecular formula is C14H28N2O. The summed E-state index contributed by atoms with van der Waals surface area (Å²) in [6, 6.07) is 0.700. The van der Waals surface area contributed by atoms with Crippen LogP contribution in [-0.4, -0.2) is 47.3 Å². The number of aliphatic hydroxyl groups is 1. The van der Waals surface area contributed by atoms with Gasteiger partial charge in [-0.2, -0.15) is 0 Å². The van der Waals surface area contributed by atoms with Crippen LogP contribution in [0.15, 0.2) is 0 Å². The Morgan fingerprint density at radius 2 is 1.76 bits per heavy atom. The molecule has 0 bridgehead atoms. The number of rotatable bonds is 1. The molecule has 1 aliphatic carbocycles. The zero-order valence-electron chi connectivity index (χ0n) is 11.4. The van der Waals surface area contributed by atoms with Crippen LogP contribution >= 0.6 is 0 Å². The van der Waals surface area contributed by atoms with Crippen molar-refractivity contribution in [3.8, 4) is 0 Å². The van der Waals surface area contributed by atoms with E-state index in [1.807, 2.05) is 0 Å². The average molecular weight is 240 g/mol. The van der Waals surface area contributed by atoms with E-state index in [4.69, 9.17) is 0 Å². The second kappa shape index (κ2) is 5.68. The smallest absolute Gasteiger partial charge is 0.0791 e. The molecule has 3 nitrogen and oxygen atoms in total. The summed E-state index contributed by atoms with van der Waals surface area (Å²) < 4.78 is 0. The highest BCUT2D eigenvalue weighted by molar-refractivity contribution is 4.90. The van der Waals surface area contributed by atoms with Crippen LogP contribution in [0.5, 0.6) is 0 Å². The van der Waals surface area contributed by atoms with Gasteiger partial charge in [-0.3, -0.25) is 4.90 Å². The maximum atomic E-state index is 9.99. The highest BCUT2D eigenvalue weighted by Gasteiger charge is 2.31. The van der Waals surface area contributed by atoms with Gasteiger partial charge in [0.1, 0.15) is 0 Å². The quantitative estimate of drug-likeness (QED) is 0.686. The third-order valence-electron chi connectivity index (χ3n) is 4.20. The molecule has 100 valence electrons. The first-order chi connectivity index (χ1) is 8.07. The maximum Gasteiger partial charge on any atom is 0.0791 e. The Morgan fingerprint density at radius 1 is 1.12 bits per heavy atom. The summed E-state index contributed by atoms with van der Waals surface area (Å²) in [5.74, 6) is 0. The molecule has 0 aromatic rings. The zero-order valence-corrected chi connectivity index (χ0v) is 11.4. The fourth-order valence-electron chi connectivity index (χ4n) is 3.26. The minimum absolute atomic E-state index is 0.129. The topological polar surface area (TPSA) is 35.5 Å². The second-order valence-electron chi connectivity index (χ2n) is 6.49. The van der Waals surface area contributed by atoms with Crippen molar-refractivity contribution in [1.29, 1.82) is 0 Å². The number of hydrogen-bond donors (Lipinski definition) is 2. The van der Waals surface area contributed by atoms with Gasteiger partial charge in [0.25, 0.3) is 0 Å². The molecule has 2 N–H and O–H groups in total. The Morgan fingerprint density at radius 3 is 2.41 bits per heavy atom. The zero-order chi connectivity index (χ0) is 12.3. The van der Waals surface area contributed by atoms with Gasteiger partial charge in [-0.15, -0.1) is 0 Å². The molecule has 0 amide bonds. The molecule has 3 heteroatoms. The molecular weight excluding hydrogens is 212 g/mol. The van der Waals surface area contributed by atoms with Crippen molar-refractivity contribution in [2.45, 2.75) is 70.1 Å². The third-order valence-corrected chi connectivity index (χ3v) is 4.20. The summed E-state index contributed by atoms with van der Waals surface area (Å²) in [6.07, 6.45) is 7.96. The molecule has 2 rings (SSSR count). The van der Waals surface area contributed by atoms with E-state index in [2.05, 4.69) is 24.1 Å². The Bertz CT molecular complexity index is 234. The highest BCUT2D eigenvalue weighted by atomic mass is 16.3. The first-order valence-corrected chi connectivity index (χ1v) is 7.24. The predicted molar refractivity (Wildman–Crippen MR) is 71.2 cm³/mol. The van der Waals surface area contributed by atoms with Crippen LogP contribution in [0.25, 0.3) is 0 Å². The lowest BCUT2D eigenvalue weighted by atomic mass is 10.0. The lowest BCUT2D eigenvalue weighted by Crippen LogP contribution is -2.49. The Labute approximate surface area is 106 Å². The van der Waals surface area contributed by atoms with Gasteiger partial charge in [0.05, 0.1) is 6.10 Å². The number of hydrogen-bond acceptors (Lipinski definition) is 3. The normalized spacial score (nSPS) is 33.0. The maximum absolute atomic E-state index is 9.99. The molecule has 1 aliphatic heterocycles. The summed E-state index contributed by atoms with van der Waals surface area (Å²) in [5, 5.41) is 13.5. The van der Waals surface area contributed by atoms with Crippen molar-refractivity contribution in [3.05, 3.63) is 0 Å². The summed E-state index contributed by atoms with van der Waals surface area (Å²) in [5.41, 5.74) is 0.129. The molecule has 0 aromatic carbocycles. The van der Waals surface area contributed by atoms with Crippen LogP contribution < -0.4 is 5.32 Å². The lowest BCUT2D eigenvalue weighted by Gasteiger charge is -2.35. The van der Waals surface area contributed by atoms with Gasteiger partial charge in [0.2, 0.25) is 0 Å². The Hall–Kier alpha value is -0.120. The van der Waals surface area contributed by atoms with Crippen LogP contribution in [0.3, 0.4) is 0 Å². The standard InChI is InChI=1S/C14H28N2O/c1-14(2)11-16(10-13(17)9-15-14)12-7-5-3-4-6-8-12/h12-13,15,17H,3-11H2,1-2H3. The SMILES string of the molecule is CC1(C)CN(C2CCCCCC2)CC(O)CN1. The van der Waals surface area contributed by atoms with Gasteiger partial charge in [-0.1, -0.05) is 25.7 Å². The van der Waals surface area contributed by atoms with Crippen LogP contribution in [-0.2, 0) is 0 Å². The van der Waals surface area contributed by atoms with Crippen LogP contribution in [0, 0.1) is 0 Å². The monoisotopic (exact) mass is 240 g/mol. The fraction of sp³-hybridized carbons (Fsp3) is 1.00. The largest absolute Gasteiger partial charge is 0.390 e. The molecule has 0 aromatic heterocycles. The van der Waals surface area contributed by atoms with Gasteiger partial charge in [-0.25, -0.2) is 0 Å². The van der Waals surface area contributed by atoms with Crippen molar-refractivity contribution in [2.24, 2.45) is 0 Å². The van der Waals surface area contributed by atoms with Crippen LogP contribution in [0.1, 0.15) is 52.4 Å². The van der Waals surface area contributed by atoms with E-state index in [1.165, 1.54) is 38.5 Å². The number of nitrogens with one attached hydrogen (secondary N) is 1. The van der Waals surface area contributed by atoms with Gasteiger partial charge >= 0.3 is 0 Å². The van der Waals surface area contributed by atoms with E-state index in [0.717, 1.165) is 19.6 Å². The molecule has 1 saturated heterocycles. The number of aliphatic hydroxyl groups excluding tert-OH is 1. The molecule has 0 spiro atoms. The highest BCUT2D eigenvalue weighted by Crippen LogP contribution is 2.24. The van der Waals surface area contributed by atoms with E-state index in [1.54, 1.807) is 0 Å². The molecule has 1 unspecified atom stereocenters. The Kier molecular flexibility index (Phi) is 4.45. The number of nitrogens with zero attached hydrogens (tertiary/aromatic N) is 1. The first-order valence-electron chi connectivity index (χ1n) is 7.24. The molecule has 2 fully saturated rings. The van der Waals surface area contributed by atoms with Gasteiger partial charge in [0, 0.05) is 31.2 Å². The minimum Gasteiger partial charge on any atom is -0.390 e.